The molecule has 0 bridgehead atoms. The van der Waals surface area contributed by atoms with Gasteiger partial charge in [0.25, 0.3) is 0 Å². The second-order valence-corrected chi connectivity index (χ2v) is 4.77. The number of carboxylic acids is 1. The Morgan fingerprint density at radius 2 is 2.32 bits per heavy atom. The SMILES string of the molecule is COc1cccc(-c2cn3c(C(=O)O)csc3n2)c1. The summed E-state index contributed by atoms with van der Waals surface area (Å²) in [6.45, 7) is 0. The molecular formula is C13H10N2O3S. The molecule has 6 heteroatoms. The van der Waals surface area contributed by atoms with Crippen LogP contribution in [0.4, 0.5) is 0 Å². The van der Waals surface area contributed by atoms with Gasteiger partial charge < -0.3 is 9.84 Å². The van der Waals surface area contributed by atoms with Gasteiger partial charge in [0.1, 0.15) is 11.4 Å². The van der Waals surface area contributed by atoms with Crippen molar-refractivity contribution < 1.29 is 14.6 Å². The Bertz CT molecular complexity index is 760. The molecule has 0 aliphatic heterocycles. The van der Waals surface area contributed by atoms with Crippen LogP contribution in [0.2, 0.25) is 0 Å². The lowest BCUT2D eigenvalue weighted by atomic mass is 10.1. The molecule has 0 unspecified atom stereocenters. The van der Waals surface area contributed by atoms with E-state index in [1.807, 2.05) is 24.3 Å². The van der Waals surface area contributed by atoms with E-state index in [1.54, 1.807) is 23.1 Å². The van der Waals surface area contributed by atoms with E-state index >= 15 is 0 Å². The monoisotopic (exact) mass is 274 g/mol. The summed E-state index contributed by atoms with van der Waals surface area (Å²) < 4.78 is 6.75. The Morgan fingerprint density at radius 3 is 3.05 bits per heavy atom. The minimum atomic E-state index is -0.958. The molecule has 1 aromatic carbocycles. The number of benzene rings is 1. The first-order valence-corrected chi connectivity index (χ1v) is 6.41. The first-order chi connectivity index (χ1) is 9.19. The van der Waals surface area contributed by atoms with Crippen molar-refractivity contribution in [3.8, 4) is 17.0 Å². The largest absolute Gasteiger partial charge is 0.497 e. The van der Waals surface area contributed by atoms with Crippen molar-refractivity contribution in [2.45, 2.75) is 0 Å². The Labute approximate surface area is 112 Å². The molecule has 0 spiro atoms. The highest BCUT2D eigenvalue weighted by Crippen LogP contribution is 2.26. The van der Waals surface area contributed by atoms with Crippen LogP contribution in [0.5, 0.6) is 5.75 Å². The van der Waals surface area contributed by atoms with E-state index < -0.39 is 5.97 Å². The van der Waals surface area contributed by atoms with Gasteiger partial charge in [0, 0.05) is 17.1 Å². The highest BCUT2D eigenvalue weighted by molar-refractivity contribution is 7.15. The second kappa shape index (κ2) is 4.40. The fourth-order valence-corrected chi connectivity index (χ4v) is 2.71. The number of methoxy groups -OCH3 is 1. The molecule has 0 atom stereocenters. The summed E-state index contributed by atoms with van der Waals surface area (Å²) in [5.41, 5.74) is 1.85. The fourth-order valence-electron chi connectivity index (χ4n) is 1.86. The van der Waals surface area contributed by atoms with Crippen molar-refractivity contribution in [3.63, 3.8) is 0 Å². The maximum absolute atomic E-state index is 11.1. The van der Waals surface area contributed by atoms with Crippen LogP contribution in [0.15, 0.2) is 35.8 Å². The van der Waals surface area contributed by atoms with Crippen LogP contribution < -0.4 is 4.74 Å². The number of aromatic nitrogens is 2. The average Bonchev–Trinajstić information content (AvgIpc) is 2.98. The molecule has 2 heterocycles. The molecule has 5 nitrogen and oxygen atoms in total. The summed E-state index contributed by atoms with van der Waals surface area (Å²) in [6, 6.07) is 7.51. The van der Waals surface area contributed by atoms with Gasteiger partial charge in [0.05, 0.1) is 12.8 Å². The number of hydrogen-bond donors (Lipinski definition) is 1. The van der Waals surface area contributed by atoms with Gasteiger partial charge in [-0.3, -0.25) is 4.40 Å². The number of fused-ring (bicyclic) bond motifs is 1. The standard InChI is InChI=1S/C13H10N2O3S/c1-18-9-4-2-3-8(5-9)10-6-15-11(12(16)17)7-19-13(15)14-10/h2-7H,1H3,(H,16,17). The van der Waals surface area contributed by atoms with Crippen LogP contribution in [0.25, 0.3) is 16.2 Å². The molecule has 0 saturated carbocycles. The predicted molar refractivity (Wildman–Crippen MR) is 72.0 cm³/mol. The summed E-state index contributed by atoms with van der Waals surface area (Å²) in [6.07, 6.45) is 1.73. The third-order valence-electron chi connectivity index (χ3n) is 2.79. The lowest BCUT2D eigenvalue weighted by molar-refractivity contribution is 0.0689. The Morgan fingerprint density at radius 1 is 1.47 bits per heavy atom. The number of aromatic carboxylic acids is 1. The summed E-state index contributed by atoms with van der Waals surface area (Å²) >= 11 is 1.31. The lowest BCUT2D eigenvalue weighted by Gasteiger charge is -2.01. The zero-order valence-electron chi connectivity index (χ0n) is 10.0. The number of ether oxygens (including phenoxy) is 1. The molecule has 3 aromatic rings. The maximum Gasteiger partial charge on any atom is 0.353 e. The van der Waals surface area contributed by atoms with Crippen molar-refractivity contribution in [3.05, 3.63) is 41.5 Å². The van der Waals surface area contributed by atoms with E-state index in [2.05, 4.69) is 4.98 Å². The topological polar surface area (TPSA) is 63.8 Å². The van der Waals surface area contributed by atoms with Crippen LogP contribution in [0.1, 0.15) is 10.5 Å². The summed E-state index contributed by atoms with van der Waals surface area (Å²) in [4.78, 5) is 16.1. The maximum atomic E-state index is 11.1. The minimum absolute atomic E-state index is 0.224. The van der Waals surface area contributed by atoms with Crippen molar-refractivity contribution in [1.82, 2.24) is 9.38 Å². The quantitative estimate of drug-likeness (QED) is 0.797. The Hall–Kier alpha value is -2.34. The van der Waals surface area contributed by atoms with E-state index in [1.165, 1.54) is 11.3 Å². The number of rotatable bonds is 3. The number of carboxylic acid groups (broad SMARTS) is 1. The summed E-state index contributed by atoms with van der Waals surface area (Å²) in [5, 5.41) is 10.7. The van der Waals surface area contributed by atoms with E-state index in [-0.39, 0.29) is 5.69 Å². The number of thiazole rings is 1. The van der Waals surface area contributed by atoms with Gasteiger partial charge >= 0.3 is 5.97 Å². The molecule has 0 aliphatic rings. The van der Waals surface area contributed by atoms with Crippen molar-refractivity contribution >= 4 is 22.3 Å². The highest BCUT2D eigenvalue weighted by Gasteiger charge is 2.14. The minimum Gasteiger partial charge on any atom is -0.497 e. The molecule has 0 fully saturated rings. The molecule has 0 amide bonds. The van der Waals surface area contributed by atoms with Crippen molar-refractivity contribution in [1.29, 1.82) is 0 Å². The third kappa shape index (κ3) is 1.96. The molecular weight excluding hydrogens is 264 g/mol. The second-order valence-electron chi connectivity index (χ2n) is 3.94. The van der Waals surface area contributed by atoms with E-state index in [0.29, 0.717) is 4.96 Å². The third-order valence-corrected chi connectivity index (χ3v) is 3.63. The van der Waals surface area contributed by atoms with Crippen LogP contribution in [0, 0.1) is 0 Å². The number of hydrogen-bond acceptors (Lipinski definition) is 4. The Balaban J connectivity index is 2.12. The van der Waals surface area contributed by atoms with Crippen LogP contribution >= 0.6 is 11.3 Å². The van der Waals surface area contributed by atoms with Crippen LogP contribution in [-0.4, -0.2) is 27.6 Å². The predicted octanol–water partition coefficient (Wildman–Crippen LogP) is 2.77. The first-order valence-electron chi connectivity index (χ1n) is 5.53. The molecule has 1 N–H and O–H groups in total. The van der Waals surface area contributed by atoms with E-state index in [4.69, 9.17) is 9.84 Å². The fraction of sp³-hybridized carbons (Fsp3) is 0.0769. The molecule has 19 heavy (non-hydrogen) atoms. The summed E-state index contributed by atoms with van der Waals surface area (Å²) in [7, 11) is 1.60. The normalized spacial score (nSPS) is 10.8. The van der Waals surface area contributed by atoms with Gasteiger partial charge in [-0.15, -0.1) is 11.3 Å². The molecule has 3 rings (SSSR count). The smallest absolute Gasteiger partial charge is 0.353 e. The van der Waals surface area contributed by atoms with Crippen LogP contribution in [0.3, 0.4) is 0 Å². The molecule has 0 aliphatic carbocycles. The zero-order chi connectivity index (χ0) is 13.4. The van der Waals surface area contributed by atoms with Gasteiger partial charge in [-0.25, -0.2) is 9.78 Å². The molecule has 0 radical (unpaired) electrons. The Kier molecular flexibility index (Phi) is 2.72. The van der Waals surface area contributed by atoms with Gasteiger partial charge in [-0.1, -0.05) is 12.1 Å². The van der Waals surface area contributed by atoms with Crippen molar-refractivity contribution in [2.24, 2.45) is 0 Å². The number of imidazole rings is 1. The first kappa shape index (κ1) is 11.7. The van der Waals surface area contributed by atoms with Gasteiger partial charge in [0.15, 0.2) is 4.96 Å². The van der Waals surface area contributed by atoms with Gasteiger partial charge in [0.2, 0.25) is 0 Å². The van der Waals surface area contributed by atoms with Gasteiger partial charge in [-0.05, 0) is 12.1 Å². The van der Waals surface area contributed by atoms with Crippen molar-refractivity contribution in [2.75, 3.05) is 7.11 Å². The molecule has 0 saturated heterocycles. The highest BCUT2D eigenvalue weighted by atomic mass is 32.1. The summed E-state index contributed by atoms with van der Waals surface area (Å²) in [5.74, 6) is -0.215. The average molecular weight is 274 g/mol. The number of nitrogens with zero attached hydrogens (tertiary/aromatic N) is 2. The van der Waals surface area contributed by atoms with E-state index in [9.17, 15) is 4.79 Å². The van der Waals surface area contributed by atoms with E-state index in [0.717, 1.165) is 17.0 Å². The molecule has 96 valence electrons. The zero-order valence-corrected chi connectivity index (χ0v) is 10.8. The van der Waals surface area contributed by atoms with Gasteiger partial charge in [-0.2, -0.15) is 0 Å². The molecule has 2 aromatic heterocycles. The number of carbonyl (C=O) groups is 1. The lowest BCUT2D eigenvalue weighted by Crippen LogP contribution is -1.99. The van der Waals surface area contributed by atoms with Crippen LogP contribution in [-0.2, 0) is 0 Å².